The van der Waals surface area contributed by atoms with Crippen LogP contribution in [0.3, 0.4) is 0 Å². The number of rotatable bonds is 4. The van der Waals surface area contributed by atoms with Crippen LogP contribution in [0.4, 0.5) is 0 Å². The Morgan fingerprint density at radius 1 is 0.947 bits per heavy atom. The second-order valence-electron chi connectivity index (χ2n) is 4.20. The summed E-state index contributed by atoms with van der Waals surface area (Å²) >= 11 is 0. The van der Waals surface area contributed by atoms with E-state index in [1.807, 2.05) is 31.2 Å². The molecule has 0 heterocycles. The van der Waals surface area contributed by atoms with E-state index in [0.29, 0.717) is 22.7 Å². The molecule has 0 aliphatic heterocycles. The van der Waals surface area contributed by atoms with Gasteiger partial charge in [0.05, 0.1) is 7.11 Å². The fraction of sp³-hybridized carbons (Fsp3) is 0.143. The Bertz CT molecular complexity index is 552. The van der Waals surface area contributed by atoms with E-state index < -0.39 is 7.12 Å². The van der Waals surface area contributed by atoms with E-state index in [1.165, 1.54) is 13.2 Å². The van der Waals surface area contributed by atoms with Crippen molar-refractivity contribution >= 4 is 12.6 Å². The van der Waals surface area contributed by atoms with Crippen LogP contribution in [-0.2, 0) is 0 Å². The average Bonchev–Trinajstić information content (AvgIpc) is 2.41. The summed E-state index contributed by atoms with van der Waals surface area (Å²) in [4.78, 5) is 0. The van der Waals surface area contributed by atoms with Gasteiger partial charge in [0.15, 0.2) is 11.5 Å². The zero-order valence-electron chi connectivity index (χ0n) is 10.8. The first kappa shape index (κ1) is 13.5. The van der Waals surface area contributed by atoms with Gasteiger partial charge in [-0.3, -0.25) is 0 Å². The maximum Gasteiger partial charge on any atom is 0.488 e. The third-order valence-corrected chi connectivity index (χ3v) is 2.73. The monoisotopic (exact) mass is 258 g/mol. The number of methoxy groups -OCH3 is 1. The predicted molar refractivity (Wildman–Crippen MR) is 74.1 cm³/mol. The Morgan fingerprint density at radius 2 is 1.63 bits per heavy atom. The molecule has 98 valence electrons. The van der Waals surface area contributed by atoms with E-state index in [4.69, 9.17) is 19.5 Å². The predicted octanol–water partition coefficient (Wildman–Crippen LogP) is 1.48. The minimum atomic E-state index is -1.53. The first-order valence-corrected chi connectivity index (χ1v) is 5.89. The Balaban J connectivity index is 2.27. The summed E-state index contributed by atoms with van der Waals surface area (Å²) in [7, 11) is -0.0208. The minimum Gasteiger partial charge on any atom is -0.493 e. The van der Waals surface area contributed by atoms with Gasteiger partial charge in [-0.1, -0.05) is 23.8 Å². The summed E-state index contributed by atoms with van der Waals surface area (Å²) < 4.78 is 10.9. The quantitative estimate of drug-likeness (QED) is 0.815. The number of hydrogen-bond donors (Lipinski definition) is 2. The summed E-state index contributed by atoms with van der Waals surface area (Å²) in [6, 6.07) is 12.4. The van der Waals surface area contributed by atoms with Crippen molar-refractivity contribution in [3.05, 3.63) is 48.0 Å². The van der Waals surface area contributed by atoms with Gasteiger partial charge in [-0.25, -0.2) is 0 Å². The Kier molecular flexibility index (Phi) is 4.09. The van der Waals surface area contributed by atoms with Crippen molar-refractivity contribution in [1.29, 1.82) is 0 Å². The molecular formula is C14H15BO4. The summed E-state index contributed by atoms with van der Waals surface area (Å²) in [5, 5.41) is 18.2. The molecule has 5 heteroatoms. The lowest BCUT2D eigenvalue weighted by Gasteiger charge is -2.12. The highest BCUT2D eigenvalue weighted by molar-refractivity contribution is 6.58. The lowest BCUT2D eigenvalue weighted by Crippen LogP contribution is -2.29. The largest absolute Gasteiger partial charge is 0.493 e. The van der Waals surface area contributed by atoms with E-state index >= 15 is 0 Å². The van der Waals surface area contributed by atoms with Gasteiger partial charge in [0.2, 0.25) is 0 Å². The molecule has 2 rings (SSSR count). The van der Waals surface area contributed by atoms with Crippen molar-refractivity contribution in [3.8, 4) is 17.2 Å². The Labute approximate surface area is 112 Å². The molecule has 0 aliphatic carbocycles. The van der Waals surface area contributed by atoms with Crippen LogP contribution in [0.5, 0.6) is 17.2 Å². The highest BCUT2D eigenvalue weighted by atomic mass is 16.5. The fourth-order valence-corrected chi connectivity index (χ4v) is 1.66. The van der Waals surface area contributed by atoms with Crippen LogP contribution in [0, 0.1) is 6.92 Å². The number of aryl methyl sites for hydroxylation is 1. The fourth-order valence-electron chi connectivity index (χ4n) is 1.66. The van der Waals surface area contributed by atoms with Crippen molar-refractivity contribution in [3.63, 3.8) is 0 Å². The Hall–Kier alpha value is -1.98. The highest BCUT2D eigenvalue weighted by Crippen LogP contribution is 2.30. The van der Waals surface area contributed by atoms with E-state index in [1.54, 1.807) is 12.1 Å². The number of ether oxygens (including phenoxy) is 2. The minimum absolute atomic E-state index is 0.355. The van der Waals surface area contributed by atoms with Crippen molar-refractivity contribution in [2.75, 3.05) is 7.11 Å². The van der Waals surface area contributed by atoms with E-state index in [-0.39, 0.29) is 0 Å². The topological polar surface area (TPSA) is 58.9 Å². The normalized spacial score (nSPS) is 10.1. The van der Waals surface area contributed by atoms with Crippen LogP contribution in [-0.4, -0.2) is 24.3 Å². The molecule has 19 heavy (non-hydrogen) atoms. The molecular weight excluding hydrogens is 243 g/mol. The molecule has 0 atom stereocenters. The molecule has 0 unspecified atom stereocenters. The first-order valence-electron chi connectivity index (χ1n) is 5.89. The molecule has 4 nitrogen and oxygen atoms in total. The van der Waals surface area contributed by atoms with E-state index in [2.05, 4.69) is 0 Å². The average molecular weight is 258 g/mol. The van der Waals surface area contributed by atoms with Gasteiger partial charge in [-0.05, 0) is 36.7 Å². The highest BCUT2D eigenvalue weighted by Gasteiger charge is 2.14. The van der Waals surface area contributed by atoms with Crippen LogP contribution in [0.2, 0.25) is 0 Å². The molecule has 0 saturated carbocycles. The van der Waals surface area contributed by atoms with Gasteiger partial charge >= 0.3 is 7.12 Å². The summed E-state index contributed by atoms with van der Waals surface area (Å²) in [5.41, 5.74) is 1.51. The molecule has 2 N–H and O–H groups in total. The third kappa shape index (κ3) is 3.27. The smallest absolute Gasteiger partial charge is 0.488 e. The molecule has 0 saturated heterocycles. The SMILES string of the molecule is COc1cc(B(O)O)ccc1Oc1ccc(C)cc1. The van der Waals surface area contributed by atoms with Crippen LogP contribution >= 0.6 is 0 Å². The van der Waals surface area contributed by atoms with Crippen LogP contribution < -0.4 is 14.9 Å². The molecule has 0 amide bonds. The van der Waals surface area contributed by atoms with Crippen molar-refractivity contribution in [2.45, 2.75) is 6.92 Å². The van der Waals surface area contributed by atoms with Gasteiger partial charge in [-0.15, -0.1) is 0 Å². The Morgan fingerprint density at radius 3 is 2.21 bits per heavy atom. The zero-order chi connectivity index (χ0) is 13.8. The van der Waals surface area contributed by atoms with Crippen molar-refractivity contribution < 1.29 is 19.5 Å². The second kappa shape index (κ2) is 5.78. The first-order chi connectivity index (χ1) is 9.10. The van der Waals surface area contributed by atoms with Crippen molar-refractivity contribution in [2.24, 2.45) is 0 Å². The van der Waals surface area contributed by atoms with Gasteiger partial charge in [-0.2, -0.15) is 0 Å². The standard InChI is InChI=1S/C14H15BO4/c1-10-3-6-12(7-4-10)19-13-8-5-11(15(16)17)9-14(13)18-2/h3-9,16-17H,1-2H3. The molecule has 0 spiro atoms. The van der Waals surface area contributed by atoms with E-state index in [0.717, 1.165) is 5.56 Å². The molecule has 0 aliphatic rings. The maximum atomic E-state index is 9.11. The summed E-state index contributed by atoms with van der Waals surface area (Å²) in [5.74, 6) is 1.67. The van der Waals surface area contributed by atoms with Crippen LogP contribution in [0.1, 0.15) is 5.56 Å². The molecule has 0 radical (unpaired) electrons. The van der Waals surface area contributed by atoms with Crippen LogP contribution in [0.25, 0.3) is 0 Å². The molecule has 0 aromatic heterocycles. The molecule has 2 aromatic rings. The molecule has 0 fully saturated rings. The molecule has 2 aromatic carbocycles. The third-order valence-electron chi connectivity index (χ3n) is 2.73. The maximum absolute atomic E-state index is 9.11. The molecule has 0 bridgehead atoms. The van der Waals surface area contributed by atoms with Crippen LogP contribution in [0.15, 0.2) is 42.5 Å². The summed E-state index contributed by atoms with van der Waals surface area (Å²) in [6.45, 7) is 2.00. The van der Waals surface area contributed by atoms with Gasteiger partial charge in [0, 0.05) is 0 Å². The van der Waals surface area contributed by atoms with Gasteiger partial charge in [0.25, 0.3) is 0 Å². The van der Waals surface area contributed by atoms with Gasteiger partial charge < -0.3 is 19.5 Å². The number of benzene rings is 2. The van der Waals surface area contributed by atoms with Gasteiger partial charge in [0.1, 0.15) is 5.75 Å². The lowest BCUT2D eigenvalue weighted by atomic mass is 9.80. The zero-order valence-corrected chi connectivity index (χ0v) is 10.8. The van der Waals surface area contributed by atoms with E-state index in [9.17, 15) is 0 Å². The van der Waals surface area contributed by atoms with Crippen molar-refractivity contribution in [1.82, 2.24) is 0 Å². The number of hydrogen-bond acceptors (Lipinski definition) is 4. The second-order valence-corrected chi connectivity index (χ2v) is 4.20. The summed E-state index contributed by atoms with van der Waals surface area (Å²) in [6.07, 6.45) is 0. The lowest BCUT2D eigenvalue weighted by molar-refractivity contribution is 0.378.